The summed E-state index contributed by atoms with van der Waals surface area (Å²) >= 11 is 4.52. The Morgan fingerprint density at radius 3 is 2.55 bits per heavy atom. The lowest BCUT2D eigenvalue weighted by molar-refractivity contribution is -0.137. The summed E-state index contributed by atoms with van der Waals surface area (Å²) in [6.07, 6.45) is 0. The van der Waals surface area contributed by atoms with Gasteiger partial charge in [0.25, 0.3) is 0 Å². The molecule has 0 fully saturated rings. The third-order valence-electron chi connectivity index (χ3n) is 2.71. The van der Waals surface area contributed by atoms with Crippen LogP contribution >= 0.6 is 27.7 Å². The van der Waals surface area contributed by atoms with Crippen LogP contribution in [0.25, 0.3) is 0 Å². The van der Waals surface area contributed by atoms with Crippen molar-refractivity contribution in [3.05, 3.63) is 28.2 Å². The summed E-state index contributed by atoms with van der Waals surface area (Å²) in [4.78, 5) is 22.9. The van der Waals surface area contributed by atoms with E-state index in [1.165, 1.54) is 0 Å². The van der Waals surface area contributed by atoms with Gasteiger partial charge in [-0.05, 0) is 36.6 Å². The van der Waals surface area contributed by atoms with Crippen LogP contribution in [0.4, 0.5) is 5.69 Å². The van der Waals surface area contributed by atoms with Crippen molar-refractivity contribution in [3.63, 3.8) is 0 Å². The number of aliphatic carboxylic acids is 1. The van der Waals surface area contributed by atoms with Gasteiger partial charge in [-0.25, -0.2) is 0 Å². The number of nitrogens with one attached hydrogen (secondary N) is 1. The van der Waals surface area contributed by atoms with Gasteiger partial charge < -0.3 is 10.4 Å². The van der Waals surface area contributed by atoms with Crippen LogP contribution in [0.3, 0.4) is 0 Å². The molecule has 0 aliphatic heterocycles. The summed E-state index contributed by atoms with van der Waals surface area (Å²) in [6.45, 7) is 5.58. The monoisotopic (exact) mass is 359 g/mol. The van der Waals surface area contributed by atoms with Crippen LogP contribution in [0.1, 0.15) is 19.4 Å². The second-order valence-electron chi connectivity index (χ2n) is 4.82. The summed E-state index contributed by atoms with van der Waals surface area (Å²) in [5, 5.41) is 11.3. The van der Waals surface area contributed by atoms with Crippen molar-refractivity contribution in [3.8, 4) is 0 Å². The quantitative estimate of drug-likeness (QED) is 0.814. The van der Waals surface area contributed by atoms with Gasteiger partial charge in [0.2, 0.25) is 5.91 Å². The van der Waals surface area contributed by atoms with Crippen molar-refractivity contribution in [2.24, 2.45) is 5.92 Å². The first-order valence-corrected chi connectivity index (χ1v) is 8.06. The number of carboxylic acids is 1. The molecule has 0 heterocycles. The number of amides is 1. The summed E-state index contributed by atoms with van der Waals surface area (Å²) < 4.78 is 0.952. The highest BCUT2D eigenvalue weighted by atomic mass is 79.9. The number of rotatable bonds is 6. The highest BCUT2D eigenvalue weighted by molar-refractivity contribution is 9.10. The standard InChI is InChI=1S/C14H18BrNO3S/c1-8(2)13(14(18)19)20-7-12(17)16-11-5-4-10(15)6-9(11)3/h4-6,8,13H,7H2,1-3H3,(H,16,17)(H,18,19). The van der Waals surface area contributed by atoms with E-state index in [-0.39, 0.29) is 17.6 Å². The van der Waals surface area contributed by atoms with Gasteiger partial charge in [-0.2, -0.15) is 0 Å². The average molecular weight is 360 g/mol. The van der Waals surface area contributed by atoms with Crippen molar-refractivity contribution in [2.45, 2.75) is 26.0 Å². The molecule has 1 atom stereocenters. The van der Waals surface area contributed by atoms with Crippen molar-refractivity contribution in [2.75, 3.05) is 11.1 Å². The lowest BCUT2D eigenvalue weighted by Crippen LogP contribution is -2.25. The highest BCUT2D eigenvalue weighted by Crippen LogP contribution is 2.22. The number of anilines is 1. The Labute approximate surface area is 131 Å². The van der Waals surface area contributed by atoms with Crippen LogP contribution in [0.2, 0.25) is 0 Å². The van der Waals surface area contributed by atoms with E-state index in [1.807, 2.05) is 39.0 Å². The molecule has 110 valence electrons. The number of halogens is 1. The maximum absolute atomic E-state index is 11.9. The number of thioether (sulfide) groups is 1. The van der Waals surface area contributed by atoms with E-state index in [1.54, 1.807) is 0 Å². The number of hydrogen-bond acceptors (Lipinski definition) is 3. The van der Waals surface area contributed by atoms with Gasteiger partial charge in [0, 0.05) is 10.2 Å². The lowest BCUT2D eigenvalue weighted by atomic mass is 10.1. The maximum atomic E-state index is 11.9. The number of benzene rings is 1. The Balaban J connectivity index is 2.57. The van der Waals surface area contributed by atoms with Crippen molar-refractivity contribution >= 4 is 45.3 Å². The Hall–Kier alpha value is -1.01. The van der Waals surface area contributed by atoms with E-state index in [9.17, 15) is 9.59 Å². The molecule has 0 spiro atoms. The fraction of sp³-hybridized carbons (Fsp3) is 0.429. The van der Waals surface area contributed by atoms with E-state index in [4.69, 9.17) is 5.11 Å². The highest BCUT2D eigenvalue weighted by Gasteiger charge is 2.22. The molecule has 20 heavy (non-hydrogen) atoms. The van der Waals surface area contributed by atoms with Crippen molar-refractivity contribution < 1.29 is 14.7 Å². The van der Waals surface area contributed by atoms with Gasteiger partial charge in [0.1, 0.15) is 5.25 Å². The van der Waals surface area contributed by atoms with Gasteiger partial charge in [-0.15, -0.1) is 11.8 Å². The SMILES string of the molecule is Cc1cc(Br)ccc1NC(=O)CSC(C(=O)O)C(C)C. The molecule has 1 aromatic carbocycles. The van der Waals surface area contributed by atoms with Crippen LogP contribution in [0.5, 0.6) is 0 Å². The first-order valence-electron chi connectivity index (χ1n) is 6.21. The third-order valence-corrected chi connectivity index (χ3v) is 4.73. The van der Waals surface area contributed by atoms with Crippen LogP contribution < -0.4 is 5.32 Å². The van der Waals surface area contributed by atoms with Crippen molar-refractivity contribution in [1.82, 2.24) is 0 Å². The number of carbonyl (C=O) groups excluding carboxylic acids is 1. The Morgan fingerprint density at radius 1 is 1.40 bits per heavy atom. The normalized spacial score (nSPS) is 12.2. The van der Waals surface area contributed by atoms with Crippen LogP contribution in [-0.2, 0) is 9.59 Å². The van der Waals surface area contributed by atoms with Gasteiger partial charge in [0.15, 0.2) is 0 Å². The zero-order valence-electron chi connectivity index (χ0n) is 11.6. The number of carboxylic acid groups (broad SMARTS) is 1. The topological polar surface area (TPSA) is 66.4 Å². The molecular weight excluding hydrogens is 342 g/mol. The van der Waals surface area contributed by atoms with Crippen LogP contribution in [-0.4, -0.2) is 28.0 Å². The van der Waals surface area contributed by atoms with E-state index in [0.29, 0.717) is 0 Å². The van der Waals surface area contributed by atoms with Gasteiger partial charge in [-0.1, -0.05) is 29.8 Å². The van der Waals surface area contributed by atoms with Crippen LogP contribution in [0, 0.1) is 12.8 Å². The predicted octanol–water partition coefficient (Wildman–Crippen LogP) is 3.54. The molecular formula is C14H18BrNO3S. The van der Waals surface area contributed by atoms with E-state index < -0.39 is 11.2 Å². The zero-order chi connectivity index (χ0) is 15.3. The molecule has 0 aromatic heterocycles. The van der Waals surface area contributed by atoms with Crippen LogP contribution in [0.15, 0.2) is 22.7 Å². The third kappa shape index (κ3) is 5.17. The van der Waals surface area contributed by atoms with Gasteiger partial charge in [-0.3, -0.25) is 9.59 Å². The lowest BCUT2D eigenvalue weighted by Gasteiger charge is -2.15. The summed E-state index contributed by atoms with van der Waals surface area (Å²) in [7, 11) is 0. The first-order chi connectivity index (χ1) is 9.31. The smallest absolute Gasteiger partial charge is 0.316 e. The fourth-order valence-corrected chi connectivity index (χ4v) is 3.07. The van der Waals surface area contributed by atoms with E-state index in [0.717, 1.165) is 27.5 Å². The molecule has 1 amide bonds. The van der Waals surface area contributed by atoms with Crippen molar-refractivity contribution in [1.29, 1.82) is 0 Å². The van der Waals surface area contributed by atoms with Gasteiger partial charge in [0.05, 0.1) is 5.75 Å². The molecule has 1 aromatic rings. The zero-order valence-corrected chi connectivity index (χ0v) is 14.0. The Morgan fingerprint density at radius 2 is 2.05 bits per heavy atom. The molecule has 1 rings (SSSR count). The Bertz CT molecular complexity index is 505. The second-order valence-corrected chi connectivity index (χ2v) is 6.87. The summed E-state index contributed by atoms with van der Waals surface area (Å²) in [5.41, 5.74) is 1.70. The minimum absolute atomic E-state index is 0.0142. The molecule has 0 saturated heterocycles. The predicted molar refractivity (Wildman–Crippen MR) is 86.2 cm³/mol. The molecule has 0 aliphatic carbocycles. The summed E-state index contributed by atoms with van der Waals surface area (Å²) in [6, 6.07) is 5.58. The molecule has 6 heteroatoms. The van der Waals surface area contributed by atoms with E-state index >= 15 is 0 Å². The number of hydrogen-bond donors (Lipinski definition) is 2. The largest absolute Gasteiger partial charge is 0.480 e. The summed E-state index contributed by atoms with van der Waals surface area (Å²) in [5.74, 6) is -0.949. The molecule has 1 unspecified atom stereocenters. The molecule has 2 N–H and O–H groups in total. The maximum Gasteiger partial charge on any atom is 0.316 e. The number of aryl methyl sites for hydroxylation is 1. The second kappa shape index (κ2) is 7.69. The Kier molecular flexibility index (Phi) is 6.55. The van der Waals surface area contributed by atoms with Gasteiger partial charge >= 0.3 is 5.97 Å². The number of carbonyl (C=O) groups is 2. The molecule has 4 nitrogen and oxygen atoms in total. The van der Waals surface area contributed by atoms with E-state index in [2.05, 4.69) is 21.2 Å². The fourth-order valence-electron chi connectivity index (χ4n) is 1.67. The average Bonchev–Trinajstić information content (AvgIpc) is 2.32. The molecule has 0 radical (unpaired) electrons. The molecule has 0 bridgehead atoms. The molecule has 0 aliphatic rings. The molecule has 0 saturated carbocycles. The minimum Gasteiger partial charge on any atom is -0.480 e. The first kappa shape index (κ1) is 17.0. The minimum atomic E-state index is -0.877.